The number of hydrogen-bond acceptors (Lipinski definition) is 3. The van der Waals surface area contributed by atoms with Gasteiger partial charge in [0.1, 0.15) is 11.5 Å². The summed E-state index contributed by atoms with van der Waals surface area (Å²) in [6.07, 6.45) is 3.27. The molecule has 1 aromatic heterocycles. The molecule has 0 radical (unpaired) electrons. The summed E-state index contributed by atoms with van der Waals surface area (Å²) in [7, 11) is 0. The lowest BCUT2D eigenvalue weighted by molar-refractivity contribution is 0.0954. The molecular weight excluding hydrogens is 542 g/mol. The fourth-order valence-corrected chi connectivity index (χ4v) is 4.00. The van der Waals surface area contributed by atoms with Gasteiger partial charge in [-0.25, -0.2) is 9.82 Å². The number of nitrogens with one attached hydrogen (secondary N) is 1. The van der Waals surface area contributed by atoms with Crippen LogP contribution in [0.5, 0.6) is 0 Å². The number of rotatable bonds is 6. The molecule has 8 heteroatoms. The van der Waals surface area contributed by atoms with Crippen molar-refractivity contribution < 1.29 is 9.18 Å². The fourth-order valence-electron chi connectivity index (χ4n) is 3.14. The van der Waals surface area contributed by atoms with E-state index in [9.17, 15) is 9.18 Å². The van der Waals surface area contributed by atoms with Crippen molar-refractivity contribution in [2.45, 2.75) is 6.54 Å². The molecule has 1 amide bonds. The summed E-state index contributed by atoms with van der Waals surface area (Å²) < 4.78 is 16.7. The number of carbonyl (C=O) groups is 1. The van der Waals surface area contributed by atoms with Crippen molar-refractivity contribution in [2.24, 2.45) is 5.10 Å². The molecule has 1 N–H and O–H groups in total. The van der Waals surface area contributed by atoms with Crippen LogP contribution in [-0.4, -0.2) is 21.9 Å². The van der Waals surface area contributed by atoms with Crippen LogP contribution in [-0.2, 0) is 6.54 Å². The van der Waals surface area contributed by atoms with E-state index in [1.807, 2.05) is 42.5 Å². The summed E-state index contributed by atoms with van der Waals surface area (Å²) in [5, 5.41) is 9.07. The second-order valence-electron chi connectivity index (χ2n) is 6.88. The molecule has 32 heavy (non-hydrogen) atoms. The van der Waals surface area contributed by atoms with Crippen LogP contribution in [0.2, 0.25) is 5.02 Å². The molecule has 0 saturated carbocycles. The summed E-state index contributed by atoms with van der Waals surface area (Å²) in [6.45, 7) is 0.160. The molecule has 0 unspecified atom stereocenters. The van der Waals surface area contributed by atoms with Gasteiger partial charge in [-0.05, 0) is 46.9 Å². The Labute approximate surface area is 203 Å². The van der Waals surface area contributed by atoms with Crippen LogP contribution >= 0.6 is 34.2 Å². The van der Waals surface area contributed by atoms with Crippen LogP contribution < -0.4 is 5.43 Å². The second kappa shape index (κ2) is 10.1. The number of aromatic nitrogens is 2. The molecule has 4 aromatic rings. The Kier molecular flexibility index (Phi) is 6.96. The largest absolute Gasteiger partial charge is 0.272 e. The average molecular weight is 559 g/mol. The smallest absolute Gasteiger partial charge is 0.267 e. The topological polar surface area (TPSA) is 59.3 Å². The van der Waals surface area contributed by atoms with Gasteiger partial charge in [-0.2, -0.15) is 10.2 Å². The Hall–Kier alpha value is -3.04. The lowest BCUT2D eigenvalue weighted by Gasteiger charge is -2.05. The van der Waals surface area contributed by atoms with Gasteiger partial charge in [-0.1, -0.05) is 60.1 Å². The van der Waals surface area contributed by atoms with Gasteiger partial charge in [0.15, 0.2) is 0 Å². The normalized spacial score (nSPS) is 11.1. The van der Waals surface area contributed by atoms with E-state index in [1.54, 1.807) is 35.1 Å². The lowest BCUT2D eigenvalue weighted by Crippen LogP contribution is -2.18. The Balaban J connectivity index is 1.62. The Bertz CT molecular complexity index is 1270. The molecule has 0 spiro atoms. The molecule has 5 nitrogen and oxygen atoms in total. The first-order valence-electron chi connectivity index (χ1n) is 9.66. The molecular formula is C24H17ClFIN4O. The molecule has 0 aliphatic rings. The summed E-state index contributed by atoms with van der Waals surface area (Å²) in [5.74, 6) is -0.702. The zero-order valence-electron chi connectivity index (χ0n) is 16.7. The fraction of sp³-hybridized carbons (Fsp3) is 0.0417. The highest BCUT2D eigenvalue weighted by molar-refractivity contribution is 14.1. The molecule has 3 aromatic carbocycles. The van der Waals surface area contributed by atoms with Gasteiger partial charge < -0.3 is 0 Å². The molecule has 160 valence electrons. The minimum Gasteiger partial charge on any atom is -0.267 e. The van der Waals surface area contributed by atoms with Gasteiger partial charge in [0, 0.05) is 31.5 Å². The van der Waals surface area contributed by atoms with Crippen molar-refractivity contribution >= 4 is 46.3 Å². The highest BCUT2D eigenvalue weighted by atomic mass is 127. The van der Waals surface area contributed by atoms with Crippen molar-refractivity contribution in [3.63, 3.8) is 0 Å². The first kappa shape index (κ1) is 22.2. The Morgan fingerprint density at radius 2 is 1.84 bits per heavy atom. The van der Waals surface area contributed by atoms with Crippen molar-refractivity contribution in [3.8, 4) is 11.3 Å². The first-order valence-corrected chi connectivity index (χ1v) is 11.1. The molecule has 0 bridgehead atoms. The predicted octanol–water partition coefficient (Wildman–Crippen LogP) is 5.76. The zero-order valence-corrected chi connectivity index (χ0v) is 19.6. The SMILES string of the molecule is O=C(NN=Cc1cn(Cc2c(F)cccc2Cl)nc1-c1ccccc1)c1ccccc1I. The van der Waals surface area contributed by atoms with Gasteiger partial charge in [0.25, 0.3) is 5.91 Å². The van der Waals surface area contributed by atoms with Gasteiger partial charge >= 0.3 is 0 Å². The van der Waals surface area contributed by atoms with E-state index in [-0.39, 0.29) is 12.5 Å². The van der Waals surface area contributed by atoms with E-state index < -0.39 is 5.82 Å². The van der Waals surface area contributed by atoms with Crippen LogP contribution in [0.1, 0.15) is 21.5 Å². The third kappa shape index (κ3) is 5.05. The summed E-state index contributed by atoms with van der Waals surface area (Å²) in [5.41, 5.74) is 5.65. The summed E-state index contributed by atoms with van der Waals surface area (Å²) in [4.78, 5) is 12.4. The number of amides is 1. The first-order chi connectivity index (χ1) is 15.5. The predicted molar refractivity (Wildman–Crippen MR) is 132 cm³/mol. The Morgan fingerprint density at radius 3 is 2.59 bits per heavy atom. The molecule has 1 heterocycles. The summed E-state index contributed by atoms with van der Waals surface area (Å²) in [6, 6.07) is 21.4. The van der Waals surface area contributed by atoms with E-state index in [0.29, 0.717) is 27.4 Å². The van der Waals surface area contributed by atoms with Gasteiger partial charge in [-0.15, -0.1) is 0 Å². The Morgan fingerprint density at radius 1 is 1.09 bits per heavy atom. The molecule has 4 rings (SSSR count). The number of hydrogen-bond donors (Lipinski definition) is 1. The van der Waals surface area contributed by atoms with Gasteiger partial charge in [0.2, 0.25) is 0 Å². The average Bonchev–Trinajstić information content (AvgIpc) is 3.20. The minimum absolute atomic E-state index is 0.160. The highest BCUT2D eigenvalue weighted by Crippen LogP contribution is 2.24. The molecule has 0 saturated heterocycles. The molecule has 0 fully saturated rings. The molecule has 0 aliphatic carbocycles. The maximum Gasteiger partial charge on any atom is 0.272 e. The van der Waals surface area contributed by atoms with Gasteiger partial charge in [0.05, 0.1) is 18.3 Å². The molecule has 0 atom stereocenters. The van der Waals surface area contributed by atoms with Crippen LogP contribution in [0.3, 0.4) is 0 Å². The van der Waals surface area contributed by atoms with Gasteiger partial charge in [-0.3, -0.25) is 9.48 Å². The van der Waals surface area contributed by atoms with Crippen LogP contribution in [0.25, 0.3) is 11.3 Å². The van der Waals surface area contributed by atoms with E-state index in [2.05, 4.69) is 38.2 Å². The highest BCUT2D eigenvalue weighted by Gasteiger charge is 2.14. The maximum atomic E-state index is 14.3. The van der Waals surface area contributed by atoms with Crippen molar-refractivity contribution in [3.05, 3.63) is 110 Å². The third-order valence-electron chi connectivity index (χ3n) is 4.71. The number of benzene rings is 3. The number of carbonyl (C=O) groups excluding carboxylic acids is 1. The molecule has 0 aliphatic heterocycles. The van der Waals surface area contributed by atoms with E-state index in [1.165, 1.54) is 12.3 Å². The van der Waals surface area contributed by atoms with Crippen molar-refractivity contribution in [1.82, 2.24) is 15.2 Å². The number of nitrogens with zero attached hydrogens (tertiary/aromatic N) is 3. The quantitative estimate of drug-likeness (QED) is 0.186. The number of hydrazone groups is 1. The number of halogens is 3. The van der Waals surface area contributed by atoms with E-state index >= 15 is 0 Å². The van der Waals surface area contributed by atoms with E-state index in [0.717, 1.165) is 9.13 Å². The standard InChI is InChI=1S/C24H17ClFIN4O/c25-20-10-6-11-21(26)19(20)15-31-14-17(23(30-31)16-7-2-1-3-8-16)13-28-29-24(32)18-9-4-5-12-22(18)27/h1-14H,15H2,(H,29,32). The maximum absolute atomic E-state index is 14.3. The van der Waals surface area contributed by atoms with Crippen LogP contribution in [0, 0.1) is 9.39 Å². The van der Waals surface area contributed by atoms with Crippen LogP contribution in [0.4, 0.5) is 4.39 Å². The third-order valence-corrected chi connectivity index (χ3v) is 6.00. The van der Waals surface area contributed by atoms with Crippen molar-refractivity contribution in [1.29, 1.82) is 0 Å². The van der Waals surface area contributed by atoms with E-state index in [4.69, 9.17) is 11.6 Å². The van der Waals surface area contributed by atoms with Crippen molar-refractivity contribution in [2.75, 3.05) is 0 Å². The minimum atomic E-state index is -0.394. The lowest BCUT2D eigenvalue weighted by atomic mass is 10.1. The second-order valence-corrected chi connectivity index (χ2v) is 8.45. The monoisotopic (exact) mass is 558 g/mol. The summed E-state index contributed by atoms with van der Waals surface area (Å²) >= 11 is 8.28. The van der Waals surface area contributed by atoms with Crippen LogP contribution in [0.15, 0.2) is 84.1 Å². The zero-order chi connectivity index (χ0) is 22.5.